The van der Waals surface area contributed by atoms with Crippen LogP contribution in [0.1, 0.15) is 11.3 Å². The average molecular weight is 481 g/mol. The monoisotopic (exact) mass is 480 g/mol. The number of fused-ring (bicyclic) bond motifs is 1. The summed E-state index contributed by atoms with van der Waals surface area (Å²) in [6.07, 6.45) is 1.75. The first-order chi connectivity index (χ1) is 17.0. The Morgan fingerprint density at radius 2 is 1.63 bits per heavy atom. The fourth-order valence-corrected chi connectivity index (χ4v) is 4.29. The van der Waals surface area contributed by atoms with Crippen LogP contribution in [0, 0.1) is 6.92 Å². The third-order valence-electron chi connectivity index (χ3n) is 5.96. The number of H-pyrrole nitrogens is 1. The van der Waals surface area contributed by atoms with E-state index >= 15 is 0 Å². The molecule has 0 aliphatic heterocycles. The summed E-state index contributed by atoms with van der Waals surface area (Å²) in [7, 11) is 1.84. The largest absolute Gasteiger partial charge is 0.354 e. The van der Waals surface area contributed by atoms with Gasteiger partial charge in [0, 0.05) is 23.5 Å². The third kappa shape index (κ3) is 4.27. The second-order valence-corrected chi connectivity index (χ2v) is 8.49. The topological polar surface area (TPSA) is 79.1 Å². The molecule has 0 unspecified atom stereocenters. The number of anilines is 1. The van der Waals surface area contributed by atoms with Crippen LogP contribution in [0.5, 0.6) is 0 Å². The molecule has 7 nitrogen and oxygen atoms in total. The summed E-state index contributed by atoms with van der Waals surface area (Å²) in [6.45, 7) is 1.87. The molecule has 0 amide bonds. The lowest BCUT2D eigenvalue weighted by atomic mass is 10.1. The van der Waals surface area contributed by atoms with Crippen LogP contribution in [0.2, 0.25) is 0 Å². The molecule has 3 aromatic carbocycles. The lowest BCUT2D eigenvalue weighted by Gasteiger charge is -2.07. The molecule has 0 aliphatic rings. The SMILES string of the molecule is Cc1c(NC(=S)N/N=C\c2c(-c3ccccc3)[nH]c3ccccc23)c(=O)n(-c2ccccc2)n1C. The molecule has 0 saturated heterocycles. The van der Waals surface area contributed by atoms with Gasteiger partial charge in [0.15, 0.2) is 5.11 Å². The molecule has 35 heavy (non-hydrogen) atoms. The lowest BCUT2D eigenvalue weighted by molar-refractivity contribution is 0.630. The molecule has 0 fully saturated rings. The molecule has 5 aromatic rings. The summed E-state index contributed by atoms with van der Waals surface area (Å²) < 4.78 is 3.39. The third-order valence-corrected chi connectivity index (χ3v) is 6.15. The number of para-hydroxylation sites is 2. The molecule has 3 N–H and O–H groups in total. The Bertz CT molecular complexity index is 1600. The van der Waals surface area contributed by atoms with E-state index in [9.17, 15) is 4.79 Å². The summed E-state index contributed by atoms with van der Waals surface area (Å²) >= 11 is 5.44. The number of thiocarbonyl (C=S) groups is 1. The Morgan fingerprint density at radius 1 is 0.971 bits per heavy atom. The van der Waals surface area contributed by atoms with E-state index in [1.807, 2.05) is 80.7 Å². The summed E-state index contributed by atoms with van der Waals surface area (Å²) in [6, 6.07) is 27.7. The predicted octanol–water partition coefficient (Wildman–Crippen LogP) is 4.95. The molecule has 8 heteroatoms. The second kappa shape index (κ2) is 9.44. The van der Waals surface area contributed by atoms with Gasteiger partial charge in [0.05, 0.1) is 23.3 Å². The number of hydrogen-bond donors (Lipinski definition) is 3. The number of aromatic amines is 1. The van der Waals surface area contributed by atoms with Gasteiger partial charge in [0.1, 0.15) is 5.69 Å². The van der Waals surface area contributed by atoms with Gasteiger partial charge in [-0.2, -0.15) is 5.10 Å². The number of nitrogens with one attached hydrogen (secondary N) is 3. The number of hydrazone groups is 1. The summed E-state index contributed by atoms with van der Waals surface area (Å²) in [5, 5.41) is 8.68. The average Bonchev–Trinajstić information content (AvgIpc) is 3.35. The summed E-state index contributed by atoms with van der Waals surface area (Å²) in [5.41, 5.74) is 8.62. The van der Waals surface area contributed by atoms with Crippen molar-refractivity contribution in [2.75, 3.05) is 5.32 Å². The minimum atomic E-state index is -0.188. The van der Waals surface area contributed by atoms with E-state index in [1.54, 1.807) is 15.6 Å². The van der Waals surface area contributed by atoms with Crippen molar-refractivity contribution in [3.63, 3.8) is 0 Å². The van der Waals surface area contributed by atoms with Gasteiger partial charge in [0.2, 0.25) is 0 Å². The molecule has 0 atom stereocenters. The number of benzene rings is 3. The quantitative estimate of drug-likeness (QED) is 0.189. The van der Waals surface area contributed by atoms with Crippen LogP contribution in [0.15, 0.2) is 94.8 Å². The zero-order valence-electron chi connectivity index (χ0n) is 19.3. The van der Waals surface area contributed by atoms with Crippen LogP contribution in [0.25, 0.3) is 27.8 Å². The Labute approximate surface area is 207 Å². The van der Waals surface area contributed by atoms with Crippen molar-refractivity contribution in [3.05, 3.63) is 107 Å². The summed E-state index contributed by atoms with van der Waals surface area (Å²) in [5.74, 6) is 0. The normalized spacial score (nSPS) is 11.3. The zero-order chi connectivity index (χ0) is 24.4. The van der Waals surface area contributed by atoms with Crippen molar-refractivity contribution in [2.45, 2.75) is 6.92 Å². The van der Waals surface area contributed by atoms with E-state index in [-0.39, 0.29) is 10.7 Å². The van der Waals surface area contributed by atoms with Gasteiger partial charge < -0.3 is 10.3 Å². The minimum absolute atomic E-state index is 0.188. The van der Waals surface area contributed by atoms with E-state index in [2.05, 4.69) is 39.0 Å². The molecule has 0 aliphatic carbocycles. The molecule has 174 valence electrons. The van der Waals surface area contributed by atoms with Crippen molar-refractivity contribution < 1.29 is 0 Å². The van der Waals surface area contributed by atoms with Crippen LogP contribution in [0.4, 0.5) is 5.69 Å². The molecule has 5 rings (SSSR count). The molecule has 2 aromatic heterocycles. The van der Waals surface area contributed by atoms with E-state index < -0.39 is 0 Å². The zero-order valence-corrected chi connectivity index (χ0v) is 20.1. The maximum Gasteiger partial charge on any atom is 0.295 e. The van der Waals surface area contributed by atoms with Crippen LogP contribution in [0.3, 0.4) is 0 Å². The standard InChI is InChI=1S/C27H24N6OS/c1-18-24(26(34)33(32(18)2)20-13-7-4-8-14-20)30-27(35)31-28-17-22-21-15-9-10-16-23(21)29-25(22)19-11-5-3-6-12-19/h3-17,29H,1-2H3,(H2,30,31,35)/b28-17-. The van der Waals surface area contributed by atoms with Gasteiger partial charge >= 0.3 is 0 Å². The molecule has 2 heterocycles. The van der Waals surface area contributed by atoms with E-state index in [0.29, 0.717) is 5.69 Å². The van der Waals surface area contributed by atoms with Gasteiger partial charge in [-0.3, -0.25) is 14.9 Å². The molecule has 0 saturated carbocycles. The fraction of sp³-hybridized carbons (Fsp3) is 0.0741. The number of nitrogens with zero attached hydrogens (tertiary/aromatic N) is 3. The molecular weight excluding hydrogens is 456 g/mol. The maximum atomic E-state index is 13.1. The number of aromatic nitrogens is 3. The smallest absolute Gasteiger partial charge is 0.295 e. The predicted molar refractivity (Wildman–Crippen MR) is 146 cm³/mol. The first-order valence-corrected chi connectivity index (χ1v) is 11.6. The van der Waals surface area contributed by atoms with Crippen molar-refractivity contribution in [3.8, 4) is 16.9 Å². The Hall–Kier alpha value is -4.43. The van der Waals surface area contributed by atoms with Gasteiger partial charge in [-0.1, -0.05) is 66.7 Å². The highest BCUT2D eigenvalue weighted by atomic mass is 32.1. The van der Waals surface area contributed by atoms with Crippen molar-refractivity contribution in [1.82, 2.24) is 19.8 Å². The van der Waals surface area contributed by atoms with E-state index in [0.717, 1.165) is 39.1 Å². The molecule has 0 radical (unpaired) electrons. The second-order valence-electron chi connectivity index (χ2n) is 8.09. The summed E-state index contributed by atoms with van der Waals surface area (Å²) in [4.78, 5) is 16.6. The van der Waals surface area contributed by atoms with Crippen LogP contribution < -0.4 is 16.3 Å². The van der Waals surface area contributed by atoms with Gasteiger partial charge in [-0.05, 0) is 42.9 Å². The highest BCUT2D eigenvalue weighted by molar-refractivity contribution is 7.80. The molecule has 0 bridgehead atoms. The van der Waals surface area contributed by atoms with Gasteiger partial charge in [0.25, 0.3) is 5.56 Å². The van der Waals surface area contributed by atoms with Gasteiger partial charge in [-0.15, -0.1) is 0 Å². The Morgan fingerprint density at radius 3 is 2.37 bits per heavy atom. The van der Waals surface area contributed by atoms with Crippen molar-refractivity contribution >= 4 is 40.1 Å². The highest BCUT2D eigenvalue weighted by Crippen LogP contribution is 2.28. The number of hydrogen-bond acceptors (Lipinski definition) is 3. The van der Waals surface area contributed by atoms with Gasteiger partial charge in [-0.25, -0.2) is 4.68 Å². The van der Waals surface area contributed by atoms with Crippen molar-refractivity contribution in [2.24, 2.45) is 12.1 Å². The highest BCUT2D eigenvalue weighted by Gasteiger charge is 2.17. The Balaban J connectivity index is 1.39. The van der Waals surface area contributed by atoms with E-state index in [4.69, 9.17) is 12.2 Å². The van der Waals surface area contributed by atoms with Crippen molar-refractivity contribution in [1.29, 1.82) is 0 Å². The maximum absolute atomic E-state index is 13.1. The minimum Gasteiger partial charge on any atom is -0.354 e. The Kier molecular flexibility index (Phi) is 6.03. The van der Waals surface area contributed by atoms with Crippen LogP contribution in [-0.4, -0.2) is 25.7 Å². The first-order valence-electron chi connectivity index (χ1n) is 11.1. The molecule has 0 spiro atoms. The molecular formula is C27H24N6OS. The lowest BCUT2D eigenvalue weighted by Crippen LogP contribution is -2.28. The fourth-order valence-electron chi connectivity index (χ4n) is 4.14. The van der Waals surface area contributed by atoms with E-state index in [1.165, 1.54) is 0 Å². The first kappa shape index (κ1) is 22.4. The van der Waals surface area contributed by atoms with Crippen LogP contribution >= 0.6 is 12.2 Å². The number of rotatable bonds is 5. The van der Waals surface area contributed by atoms with Crippen LogP contribution in [-0.2, 0) is 7.05 Å².